The first-order valence-electron chi connectivity index (χ1n) is 5.91. The Morgan fingerprint density at radius 3 is 2.95 bits per heavy atom. The van der Waals surface area contributed by atoms with E-state index in [-0.39, 0.29) is 5.91 Å². The molecule has 0 unspecified atom stereocenters. The highest BCUT2D eigenvalue weighted by molar-refractivity contribution is 6.06. The molecule has 1 aromatic heterocycles. The molecule has 3 N–H and O–H groups in total. The van der Waals surface area contributed by atoms with Crippen molar-refractivity contribution in [3.63, 3.8) is 0 Å². The summed E-state index contributed by atoms with van der Waals surface area (Å²) in [6.07, 6.45) is 1.88. The van der Waals surface area contributed by atoms with Gasteiger partial charge in [0.15, 0.2) is 0 Å². The average Bonchev–Trinajstić information content (AvgIpc) is 2.38. The maximum atomic E-state index is 11.7. The number of hydrogen-bond donors (Lipinski definition) is 2. The molecule has 6 heteroatoms. The molecule has 1 aromatic carbocycles. The largest absolute Gasteiger partial charge is 0.397 e. The number of nitrogen functional groups attached to an aromatic ring is 1. The summed E-state index contributed by atoms with van der Waals surface area (Å²) in [6, 6.07) is 6.93. The molecule has 1 aliphatic heterocycles. The number of urea groups is 1. The van der Waals surface area contributed by atoms with Crippen molar-refractivity contribution in [1.82, 2.24) is 10.3 Å². The predicted molar refractivity (Wildman–Crippen MR) is 71.7 cm³/mol. The summed E-state index contributed by atoms with van der Waals surface area (Å²) in [6.45, 7) is 0.361. The number of imide groups is 1. The van der Waals surface area contributed by atoms with Gasteiger partial charge in [0.05, 0.1) is 23.1 Å². The van der Waals surface area contributed by atoms with E-state index in [1.54, 1.807) is 12.3 Å². The minimum atomic E-state index is -0.415. The highest BCUT2D eigenvalue weighted by Crippen LogP contribution is 2.24. The normalized spacial score (nSPS) is 15.7. The zero-order valence-electron chi connectivity index (χ0n) is 10.1. The van der Waals surface area contributed by atoms with Crippen LogP contribution in [0.5, 0.6) is 0 Å². The Labute approximate surface area is 109 Å². The third-order valence-corrected chi connectivity index (χ3v) is 3.09. The molecule has 0 radical (unpaired) electrons. The number of para-hydroxylation sites is 1. The van der Waals surface area contributed by atoms with E-state index in [1.807, 2.05) is 18.2 Å². The molecule has 19 heavy (non-hydrogen) atoms. The van der Waals surface area contributed by atoms with Crippen LogP contribution in [-0.2, 0) is 4.79 Å². The number of nitrogens with two attached hydrogens (primary N) is 1. The minimum absolute atomic E-state index is 0.251. The molecule has 0 aliphatic carbocycles. The number of anilines is 2. The van der Waals surface area contributed by atoms with Crippen molar-refractivity contribution >= 4 is 34.2 Å². The van der Waals surface area contributed by atoms with Crippen LogP contribution in [0, 0.1) is 0 Å². The molecule has 6 nitrogen and oxygen atoms in total. The van der Waals surface area contributed by atoms with Gasteiger partial charge in [0.2, 0.25) is 5.91 Å². The second kappa shape index (κ2) is 4.24. The number of nitrogens with one attached hydrogen (secondary N) is 1. The van der Waals surface area contributed by atoms with Gasteiger partial charge < -0.3 is 5.73 Å². The van der Waals surface area contributed by atoms with Gasteiger partial charge >= 0.3 is 6.03 Å². The molecule has 2 aromatic rings. The molecule has 3 rings (SSSR count). The van der Waals surface area contributed by atoms with Gasteiger partial charge in [-0.25, -0.2) is 4.79 Å². The number of fused-ring (bicyclic) bond motifs is 1. The van der Waals surface area contributed by atoms with Crippen molar-refractivity contribution in [2.75, 3.05) is 17.2 Å². The molecule has 0 bridgehead atoms. The van der Waals surface area contributed by atoms with Gasteiger partial charge in [-0.05, 0) is 12.1 Å². The molecule has 96 valence electrons. The quantitative estimate of drug-likeness (QED) is 0.752. The molecular formula is C13H12N4O2. The number of nitrogens with zero attached hydrogens (tertiary/aromatic N) is 2. The van der Waals surface area contributed by atoms with Crippen LogP contribution in [-0.4, -0.2) is 23.5 Å². The van der Waals surface area contributed by atoms with Crippen LogP contribution < -0.4 is 16.0 Å². The lowest BCUT2D eigenvalue weighted by Gasteiger charge is -2.26. The zero-order chi connectivity index (χ0) is 13.4. The van der Waals surface area contributed by atoms with Crippen LogP contribution in [0.1, 0.15) is 6.42 Å². The van der Waals surface area contributed by atoms with E-state index in [0.717, 1.165) is 5.39 Å². The fourth-order valence-corrected chi connectivity index (χ4v) is 2.13. The van der Waals surface area contributed by atoms with E-state index >= 15 is 0 Å². The Hall–Kier alpha value is -2.63. The Morgan fingerprint density at radius 2 is 2.16 bits per heavy atom. The molecule has 0 saturated carbocycles. The Bertz CT molecular complexity index is 683. The number of carbonyl (C=O) groups is 2. The standard InChI is InChI=1S/C13H12N4O2/c14-10-3-1-2-8-6-9(7-15-12(8)10)17-5-4-11(18)16-13(17)19/h1-3,6-7H,4-5,14H2,(H,16,18,19). The van der Waals surface area contributed by atoms with Crippen LogP contribution in [0.2, 0.25) is 0 Å². The molecule has 0 spiro atoms. The summed E-state index contributed by atoms with van der Waals surface area (Å²) >= 11 is 0. The number of pyridine rings is 1. The van der Waals surface area contributed by atoms with Crippen molar-refractivity contribution in [3.8, 4) is 0 Å². The van der Waals surface area contributed by atoms with Crippen molar-refractivity contribution in [1.29, 1.82) is 0 Å². The molecule has 1 aliphatic rings. The number of hydrogen-bond acceptors (Lipinski definition) is 4. The number of rotatable bonds is 1. The Morgan fingerprint density at radius 1 is 1.32 bits per heavy atom. The topological polar surface area (TPSA) is 88.3 Å². The summed E-state index contributed by atoms with van der Waals surface area (Å²) in [4.78, 5) is 28.6. The van der Waals surface area contributed by atoms with E-state index in [1.165, 1.54) is 4.90 Å². The van der Waals surface area contributed by atoms with Gasteiger partial charge in [0, 0.05) is 18.4 Å². The third-order valence-electron chi connectivity index (χ3n) is 3.09. The smallest absolute Gasteiger partial charge is 0.328 e. The predicted octanol–water partition coefficient (Wildman–Crippen LogP) is 1.26. The number of carbonyl (C=O) groups excluding carboxylic acids is 2. The first-order chi connectivity index (χ1) is 9.15. The molecule has 1 fully saturated rings. The first kappa shape index (κ1) is 11.5. The van der Waals surface area contributed by atoms with Crippen molar-refractivity contribution in [2.45, 2.75) is 6.42 Å². The van der Waals surface area contributed by atoms with Crippen LogP contribution in [0.15, 0.2) is 30.5 Å². The summed E-state index contributed by atoms with van der Waals surface area (Å²) in [7, 11) is 0. The van der Waals surface area contributed by atoms with Gasteiger partial charge in [0.25, 0.3) is 0 Å². The highest BCUT2D eigenvalue weighted by atomic mass is 16.2. The molecule has 0 atom stereocenters. The fourth-order valence-electron chi connectivity index (χ4n) is 2.13. The van der Waals surface area contributed by atoms with E-state index < -0.39 is 6.03 Å². The van der Waals surface area contributed by atoms with E-state index in [4.69, 9.17) is 5.73 Å². The lowest BCUT2D eigenvalue weighted by Crippen LogP contribution is -2.49. The van der Waals surface area contributed by atoms with Crippen LogP contribution in [0.25, 0.3) is 10.9 Å². The second-order valence-electron chi connectivity index (χ2n) is 4.37. The maximum absolute atomic E-state index is 11.7. The van der Waals surface area contributed by atoms with Gasteiger partial charge in [-0.3, -0.25) is 20.0 Å². The van der Waals surface area contributed by atoms with Gasteiger partial charge in [-0.1, -0.05) is 12.1 Å². The molecule has 1 saturated heterocycles. The lowest BCUT2D eigenvalue weighted by molar-refractivity contribution is -0.120. The van der Waals surface area contributed by atoms with E-state index in [9.17, 15) is 9.59 Å². The Kier molecular flexibility index (Phi) is 2.56. The fraction of sp³-hybridized carbons (Fsp3) is 0.154. The SMILES string of the molecule is Nc1cccc2cc(N3CCC(=O)NC3=O)cnc12. The number of aromatic nitrogens is 1. The maximum Gasteiger partial charge on any atom is 0.328 e. The molecule has 3 amide bonds. The van der Waals surface area contributed by atoms with Crippen LogP contribution in [0.4, 0.5) is 16.2 Å². The molecule has 2 heterocycles. The summed E-state index contributed by atoms with van der Waals surface area (Å²) in [5.41, 5.74) is 7.79. The van der Waals surface area contributed by atoms with E-state index in [2.05, 4.69) is 10.3 Å². The van der Waals surface area contributed by atoms with Gasteiger partial charge in [-0.2, -0.15) is 0 Å². The first-order valence-corrected chi connectivity index (χ1v) is 5.91. The number of amides is 3. The van der Waals surface area contributed by atoms with Gasteiger partial charge in [0.1, 0.15) is 0 Å². The van der Waals surface area contributed by atoms with Crippen molar-refractivity contribution in [2.24, 2.45) is 0 Å². The van der Waals surface area contributed by atoms with Crippen molar-refractivity contribution in [3.05, 3.63) is 30.5 Å². The summed E-state index contributed by atoms with van der Waals surface area (Å²) in [5.74, 6) is -0.251. The minimum Gasteiger partial charge on any atom is -0.397 e. The van der Waals surface area contributed by atoms with Crippen LogP contribution >= 0.6 is 0 Å². The third kappa shape index (κ3) is 1.97. The van der Waals surface area contributed by atoms with Gasteiger partial charge in [-0.15, -0.1) is 0 Å². The highest BCUT2D eigenvalue weighted by Gasteiger charge is 2.24. The monoisotopic (exact) mass is 256 g/mol. The van der Waals surface area contributed by atoms with Crippen molar-refractivity contribution < 1.29 is 9.59 Å². The van der Waals surface area contributed by atoms with E-state index in [0.29, 0.717) is 29.9 Å². The lowest BCUT2D eigenvalue weighted by atomic mass is 10.1. The average molecular weight is 256 g/mol. The summed E-state index contributed by atoms with van der Waals surface area (Å²) in [5, 5.41) is 3.15. The Balaban J connectivity index is 2.02. The summed E-state index contributed by atoms with van der Waals surface area (Å²) < 4.78 is 0. The number of benzene rings is 1. The second-order valence-corrected chi connectivity index (χ2v) is 4.37. The zero-order valence-corrected chi connectivity index (χ0v) is 10.1. The van der Waals surface area contributed by atoms with Crippen LogP contribution in [0.3, 0.4) is 0 Å². The molecular weight excluding hydrogens is 244 g/mol.